The van der Waals surface area contributed by atoms with Crippen molar-refractivity contribution >= 4 is 22.5 Å². The van der Waals surface area contributed by atoms with Crippen molar-refractivity contribution in [1.29, 1.82) is 0 Å². The summed E-state index contributed by atoms with van der Waals surface area (Å²) in [5.74, 6) is 1.18. The number of amides is 1. The third kappa shape index (κ3) is 4.47. The summed E-state index contributed by atoms with van der Waals surface area (Å²) in [4.78, 5) is 16.5. The zero-order valence-corrected chi connectivity index (χ0v) is 14.1. The van der Waals surface area contributed by atoms with Crippen molar-refractivity contribution in [2.75, 3.05) is 18.5 Å². The summed E-state index contributed by atoms with van der Waals surface area (Å²) in [5.41, 5.74) is 1.44. The molecule has 1 N–H and O–H groups in total. The van der Waals surface area contributed by atoms with Crippen molar-refractivity contribution in [3.63, 3.8) is 0 Å². The maximum absolute atomic E-state index is 12.1. The Hall–Kier alpha value is -3.08. The van der Waals surface area contributed by atoms with Gasteiger partial charge in [0, 0.05) is 11.6 Å². The number of ether oxygens (including phenoxy) is 2. The molecule has 0 radical (unpaired) electrons. The van der Waals surface area contributed by atoms with Gasteiger partial charge in [-0.05, 0) is 42.8 Å². The number of aromatic nitrogens is 1. The lowest BCUT2D eigenvalue weighted by molar-refractivity contribution is -0.118. The molecule has 1 amide bonds. The lowest BCUT2D eigenvalue weighted by Crippen LogP contribution is -2.20. The maximum atomic E-state index is 12.1. The summed E-state index contributed by atoms with van der Waals surface area (Å²) in [6, 6.07) is 16.7. The van der Waals surface area contributed by atoms with Gasteiger partial charge in [0.2, 0.25) is 0 Å². The Morgan fingerprint density at radius 3 is 2.48 bits per heavy atom. The zero-order chi connectivity index (χ0) is 17.5. The number of nitrogens with zero attached hydrogens (tertiary/aromatic N) is 1. The van der Waals surface area contributed by atoms with Crippen LogP contribution in [0.15, 0.2) is 60.8 Å². The minimum absolute atomic E-state index is 0.0710. The second-order valence-electron chi connectivity index (χ2n) is 5.54. The molecule has 0 unspecified atom stereocenters. The molecule has 0 atom stereocenters. The van der Waals surface area contributed by atoms with Gasteiger partial charge < -0.3 is 14.8 Å². The van der Waals surface area contributed by atoms with Crippen molar-refractivity contribution in [2.45, 2.75) is 13.3 Å². The number of pyridine rings is 1. The fourth-order valence-electron chi connectivity index (χ4n) is 2.39. The van der Waals surface area contributed by atoms with Crippen LogP contribution in [0.5, 0.6) is 11.5 Å². The van der Waals surface area contributed by atoms with E-state index >= 15 is 0 Å². The van der Waals surface area contributed by atoms with Gasteiger partial charge in [0.1, 0.15) is 11.5 Å². The Morgan fingerprint density at radius 2 is 1.72 bits per heavy atom. The third-order valence-electron chi connectivity index (χ3n) is 3.57. The van der Waals surface area contributed by atoms with Crippen LogP contribution in [0.2, 0.25) is 0 Å². The van der Waals surface area contributed by atoms with Crippen molar-refractivity contribution in [1.82, 2.24) is 4.98 Å². The Labute approximate surface area is 146 Å². The molecule has 5 heteroatoms. The molecule has 25 heavy (non-hydrogen) atoms. The highest BCUT2D eigenvalue weighted by molar-refractivity contribution is 6.00. The zero-order valence-electron chi connectivity index (χ0n) is 14.1. The van der Waals surface area contributed by atoms with Crippen molar-refractivity contribution in [3.05, 3.63) is 60.8 Å². The SMILES string of the molecule is CCCOc1ccc(OCC(=O)Nc2cccc3cccnc23)cc1. The number of fused-ring (bicyclic) bond motifs is 1. The van der Waals surface area contributed by atoms with Crippen LogP contribution < -0.4 is 14.8 Å². The standard InChI is InChI=1S/C20H20N2O3/c1-2-13-24-16-8-10-17(11-9-16)25-14-19(23)22-18-7-3-5-15-6-4-12-21-20(15)18/h3-12H,2,13-14H2,1H3,(H,22,23). The van der Waals surface area contributed by atoms with E-state index < -0.39 is 0 Å². The Morgan fingerprint density at radius 1 is 1.00 bits per heavy atom. The van der Waals surface area contributed by atoms with E-state index in [0.717, 1.165) is 23.1 Å². The quantitative estimate of drug-likeness (QED) is 0.707. The van der Waals surface area contributed by atoms with Gasteiger partial charge in [0.25, 0.3) is 5.91 Å². The van der Waals surface area contributed by atoms with E-state index in [9.17, 15) is 4.79 Å². The van der Waals surface area contributed by atoms with Crippen molar-refractivity contribution in [2.24, 2.45) is 0 Å². The number of rotatable bonds is 7. The topological polar surface area (TPSA) is 60.5 Å². The van der Waals surface area contributed by atoms with E-state index in [4.69, 9.17) is 9.47 Å². The highest BCUT2D eigenvalue weighted by atomic mass is 16.5. The average Bonchev–Trinajstić information content (AvgIpc) is 2.66. The van der Waals surface area contributed by atoms with Crippen molar-refractivity contribution in [3.8, 4) is 11.5 Å². The summed E-state index contributed by atoms with van der Waals surface area (Å²) in [6.45, 7) is 2.67. The molecule has 3 aromatic rings. The number of nitrogens with one attached hydrogen (secondary N) is 1. The molecule has 1 heterocycles. The Kier molecular flexibility index (Phi) is 5.46. The first-order chi connectivity index (χ1) is 12.3. The van der Waals surface area contributed by atoms with E-state index in [1.165, 1.54) is 0 Å². The number of benzene rings is 2. The molecule has 1 aromatic heterocycles. The van der Waals surface area contributed by atoms with Crippen LogP contribution in [0, 0.1) is 0 Å². The summed E-state index contributed by atoms with van der Waals surface area (Å²) >= 11 is 0. The maximum Gasteiger partial charge on any atom is 0.262 e. The van der Waals surface area contributed by atoms with Crippen LogP contribution in [0.25, 0.3) is 10.9 Å². The third-order valence-corrected chi connectivity index (χ3v) is 3.57. The number of hydrogen-bond acceptors (Lipinski definition) is 4. The highest BCUT2D eigenvalue weighted by Gasteiger charge is 2.07. The Balaban J connectivity index is 1.57. The summed E-state index contributed by atoms with van der Waals surface area (Å²) < 4.78 is 11.0. The van der Waals surface area contributed by atoms with E-state index in [1.54, 1.807) is 18.3 Å². The highest BCUT2D eigenvalue weighted by Crippen LogP contribution is 2.21. The summed E-state index contributed by atoms with van der Waals surface area (Å²) in [6.07, 6.45) is 2.66. The molecular formula is C20H20N2O3. The van der Waals surface area contributed by atoms with Crippen LogP contribution >= 0.6 is 0 Å². The minimum Gasteiger partial charge on any atom is -0.494 e. The lowest BCUT2D eigenvalue weighted by Gasteiger charge is -2.10. The van der Waals surface area contributed by atoms with Gasteiger partial charge in [-0.2, -0.15) is 0 Å². The molecule has 0 fully saturated rings. The number of para-hydroxylation sites is 1. The van der Waals surface area contributed by atoms with Crippen LogP contribution in [0.3, 0.4) is 0 Å². The van der Waals surface area contributed by atoms with Crippen LogP contribution in [-0.4, -0.2) is 24.1 Å². The molecule has 0 saturated carbocycles. The molecule has 0 bridgehead atoms. The number of anilines is 1. The predicted octanol–water partition coefficient (Wildman–Crippen LogP) is 4.04. The molecular weight excluding hydrogens is 316 g/mol. The number of hydrogen-bond donors (Lipinski definition) is 1. The normalized spacial score (nSPS) is 10.4. The smallest absolute Gasteiger partial charge is 0.262 e. The first-order valence-corrected chi connectivity index (χ1v) is 8.25. The monoisotopic (exact) mass is 336 g/mol. The largest absolute Gasteiger partial charge is 0.494 e. The molecule has 5 nitrogen and oxygen atoms in total. The van der Waals surface area contributed by atoms with Gasteiger partial charge in [-0.15, -0.1) is 0 Å². The fourth-order valence-corrected chi connectivity index (χ4v) is 2.39. The van der Waals surface area contributed by atoms with Crippen LogP contribution in [-0.2, 0) is 4.79 Å². The predicted molar refractivity (Wildman–Crippen MR) is 98.1 cm³/mol. The molecule has 0 saturated heterocycles. The van der Waals surface area contributed by atoms with E-state index in [0.29, 0.717) is 18.0 Å². The van der Waals surface area contributed by atoms with Crippen LogP contribution in [0.4, 0.5) is 5.69 Å². The van der Waals surface area contributed by atoms with Gasteiger partial charge in [0.05, 0.1) is 17.8 Å². The molecule has 3 rings (SSSR count). The molecule has 0 aliphatic heterocycles. The van der Waals surface area contributed by atoms with Gasteiger partial charge in [-0.3, -0.25) is 9.78 Å². The fraction of sp³-hybridized carbons (Fsp3) is 0.200. The molecule has 0 spiro atoms. The van der Waals surface area contributed by atoms with Gasteiger partial charge in [-0.25, -0.2) is 0 Å². The van der Waals surface area contributed by atoms with E-state index in [2.05, 4.69) is 17.2 Å². The van der Waals surface area contributed by atoms with Gasteiger partial charge >= 0.3 is 0 Å². The first kappa shape index (κ1) is 16.8. The average molecular weight is 336 g/mol. The van der Waals surface area contributed by atoms with E-state index in [1.807, 2.05) is 42.5 Å². The summed E-state index contributed by atoms with van der Waals surface area (Å²) in [5, 5.41) is 3.82. The van der Waals surface area contributed by atoms with Crippen LogP contribution in [0.1, 0.15) is 13.3 Å². The summed E-state index contributed by atoms with van der Waals surface area (Å²) in [7, 11) is 0. The molecule has 2 aromatic carbocycles. The van der Waals surface area contributed by atoms with E-state index in [-0.39, 0.29) is 12.5 Å². The lowest BCUT2D eigenvalue weighted by atomic mass is 10.2. The van der Waals surface area contributed by atoms with Gasteiger partial charge in [-0.1, -0.05) is 25.1 Å². The number of carbonyl (C=O) groups excluding carboxylic acids is 1. The van der Waals surface area contributed by atoms with Gasteiger partial charge in [0.15, 0.2) is 6.61 Å². The molecule has 128 valence electrons. The minimum atomic E-state index is -0.232. The second-order valence-corrected chi connectivity index (χ2v) is 5.54. The molecule has 0 aliphatic carbocycles. The number of carbonyl (C=O) groups is 1. The molecule has 0 aliphatic rings. The van der Waals surface area contributed by atoms with Crippen molar-refractivity contribution < 1.29 is 14.3 Å². The second kappa shape index (κ2) is 8.15. The Bertz CT molecular complexity index is 842. The first-order valence-electron chi connectivity index (χ1n) is 8.25.